The third-order valence-electron chi connectivity index (χ3n) is 10.2. The Morgan fingerprint density at radius 3 is 1.14 bits per heavy atom. The summed E-state index contributed by atoms with van der Waals surface area (Å²) in [5, 5.41) is 0. The van der Waals surface area contributed by atoms with Crippen LogP contribution in [-0.4, -0.2) is 51.6 Å². The molecule has 2 fully saturated rings. The molecule has 0 bridgehead atoms. The molecule has 226 valence electrons. The van der Waals surface area contributed by atoms with E-state index in [0.717, 1.165) is 59.6 Å². The largest absolute Gasteiger partial charge is 0.512 e. The van der Waals surface area contributed by atoms with Crippen LogP contribution in [0.4, 0.5) is 0 Å². The van der Waals surface area contributed by atoms with Crippen LogP contribution < -0.4 is 11.2 Å². The zero-order valence-corrected chi connectivity index (χ0v) is 27.8. The maximum atomic E-state index is 6.47. The number of nitrogens with zero attached hydrogens (tertiary/aromatic N) is 1. The van der Waals surface area contributed by atoms with Crippen LogP contribution in [0.15, 0.2) is 18.2 Å². The molecule has 0 radical (unpaired) electrons. The molecule has 0 saturated carbocycles. The minimum Gasteiger partial charge on any atom is -0.398 e. The summed E-state index contributed by atoms with van der Waals surface area (Å²) < 4.78 is 25.9. The van der Waals surface area contributed by atoms with Crippen LogP contribution in [0.1, 0.15) is 105 Å². The number of pyridine rings is 1. The van der Waals surface area contributed by atoms with Gasteiger partial charge in [0.2, 0.25) is 0 Å². The van der Waals surface area contributed by atoms with Gasteiger partial charge >= 0.3 is 14.2 Å². The lowest BCUT2D eigenvalue weighted by atomic mass is 9.80. The second-order valence-electron chi connectivity index (χ2n) is 13.7. The number of aromatic amines is 2. The molecule has 0 aromatic carbocycles. The third-order valence-corrected chi connectivity index (χ3v) is 10.2. The van der Waals surface area contributed by atoms with Crippen molar-refractivity contribution in [1.29, 1.82) is 0 Å². The molecule has 7 nitrogen and oxygen atoms in total. The van der Waals surface area contributed by atoms with E-state index in [9.17, 15) is 0 Å². The SMILES string of the molecule is CCc1c(B2OC(C)(C)C(C)(C)O2)[nH]c(-c2cccc(-c3[nH]c(B4OC(C)(C)C(C)(C)O4)c(CC)c3CC)n2)c1CC. The Bertz CT molecular complexity index is 1330. The zero-order valence-electron chi connectivity index (χ0n) is 27.8. The quantitative estimate of drug-likeness (QED) is 0.327. The van der Waals surface area contributed by atoms with Crippen molar-refractivity contribution in [1.82, 2.24) is 15.0 Å². The Balaban J connectivity index is 1.58. The standard InChI is InChI=1S/C33H49B2N3O4/c1-13-20-22(15-3)28(34-39-30(5,6)31(7,8)40-34)37-26(20)24-18-17-19-25(36-24)27-21(14-2)23(16-4)29(38-27)35-41-32(9,10)33(11,12)42-35/h17-19,37-38H,13-16H2,1-12H3. The van der Waals surface area contributed by atoms with Crippen molar-refractivity contribution >= 4 is 25.4 Å². The van der Waals surface area contributed by atoms with E-state index in [0.29, 0.717) is 0 Å². The molecule has 2 N–H and O–H groups in total. The highest BCUT2D eigenvalue weighted by Crippen LogP contribution is 2.39. The van der Waals surface area contributed by atoms with E-state index in [-0.39, 0.29) is 0 Å². The van der Waals surface area contributed by atoms with E-state index in [1.165, 1.54) is 22.3 Å². The van der Waals surface area contributed by atoms with Crippen LogP contribution in [0.3, 0.4) is 0 Å². The van der Waals surface area contributed by atoms with Gasteiger partial charge in [0.25, 0.3) is 0 Å². The fourth-order valence-electron chi connectivity index (χ4n) is 6.26. The predicted molar refractivity (Wildman–Crippen MR) is 173 cm³/mol. The van der Waals surface area contributed by atoms with Crippen LogP contribution in [0.25, 0.3) is 22.8 Å². The van der Waals surface area contributed by atoms with E-state index in [4.69, 9.17) is 23.6 Å². The van der Waals surface area contributed by atoms with Crippen molar-refractivity contribution in [2.45, 2.75) is 131 Å². The van der Waals surface area contributed by atoms with Gasteiger partial charge in [-0.2, -0.15) is 0 Å². The minimum absolute atomic E-state index is 0.408. The molecule has 3 aromatic heterocycles. The van der Waals surface area contributed by atoms with Crippen molar-refractivity contribution in [3.8, 4) is 22.8 Å². The highest BCUT2D eigenvalue weighted by atomic mass is 16.7. The van der Waals surface area contributed by atoms with Crippen molar-refractivity contribution < 1.29 is 18.6 Å². The molecule has 5 rings (SSSR count). The fraction of sp³-hybridized carbons (Fsp3) is 0.606. The molecule has 0 aliphatic carbocycles. The number of H-pyrrole nitrogens is 2. The minimum atomic E-state index is -0.447. The predicted octanol–water partition coefficient (Wildman–Crippen LogP) is 5.92. The van der Waals surface area contributed by atoms with Gasteiger partial charge in [0.15, 0.2) is 0 Å². The normalized spacial score (nSPS) is 20.6. The van der Waals surface area contributed by atoms with Gasteiger partial charge in [0.1, 0.15) is 0 Å². The molecule has 0 amide bonds. The first kappa shape index (κ1) is 31.1. The monoisotopic (exact) mass is 573 g/mol. The zero-order chi connectivity index (χ0) is 30.8. The second kappa shape index (κ2) is 10.7. The topological polar surface area (TPSA) is 81.4 Å². The van der Waals surface area contributed by atoms with Gasteiger partial charge in [-0.25, -0.2) is 4.98 Å². The Kier molecular flexibility index (Phi) is 7.92. The molecular weight excluding hydrogens is 524 g/mol. The molecular formula is C33H49B2N3O4. The van der Waals surface area contributed by atoms with E-state index in [1.807, 2.05) is 0 Å². The van der Waals surface area contributed by atoms with E-state index in [2.05, 4.69) is 111 Å². The lowest BCUT2D eigenvalue weighted by molar-refractivity contribution is 0.00578. The Morgan fingerprint density at radius 2 is 0.857 bits per heavy atom. The lowest BCUT2D eigenvalue weighted by Gasteiger charge is -2.32. The van der Waals surface area contributed by atoms with Crippen LogP contribution in [0, 0.1) is 0 Å². The molecule has 0 atom stereocenters. The number of rotatable bonds is 8. The van der Waals surface area contributed by atoms with Gasteiger partial charge in [-0.05, 0) is 115 Å². The molecule has 5 heterocycles. The summed E-state index contributed by atoms with van der Waals surface area (Å²) in [5.74, 6) is 0. The lowest BCUT2D eigenvalue weighted by Crippen LogP contribution is -2.41. The maximum absolute atomic E-state index is 6.47. The molecule has 0 spiro atoms. The van der Waals surface area contributed by atoms with Crippen LogP contribution in [-0.2, 0) is 44.3 Å². The van der Waals surface area contributed by atoms with E-state index >= 15 is 0 Å². The third kappa shape index (κ3) is 4.90. The van der Waals surface area contributed by atoms with E-state index < -0.39 is 36.6 Å². The summed E-state index contributed by atoms with van der Waals surface area (Å²) in [6, 6.07) is 6.27. The van der Waals surface area contributed by atoms with Crippen molar-refractivity contribution in [2.75, 3.05) is 0 Å². The first-order valence-electron chi connectivity index (χ1n) is 15.8. The fourth-order valence-corrected chi connectivity index (χ4v) is 6.26. The van der Waals surface area contributed by atoms with Gasteiger partial charge in [-0.3, -0.25) is 0 Å². The van der Waals surface area contributed by atoms with Crippen LogP contribution >= 0.6 is 0 Å². The average Bonchev–Trinajstić information content (AvgIpc) is 3.60. The van der Waals surface area contributed by atoms with Gasteiger partial charge in [-0.15, -0.1) is 0 Å². The summed E-state index contributed by atoms with van der Waals surface area (Å²) in [5.41, 5.74) is 9.30. The second-order valence-corrected chi connectivity index (χ2v) is 13.7. The molecule has 2 aliphatic heterocycles. The van der Waals surface area contributed by atoms with Crippen LogP contribution in [0.2, 0.25) is 0 Å². The Hall–Kier alpha value is -2.32. The molecule has 2 aliphatic rings. The van der Waals surface area contributed by atoms with Gasteiger partial charge in [0, 0.05) is 11.2 Å². The summed E-state index contributed by atoms with van der Waals surface area (Å²) in [6.07, 6.45) is 3.53. The molecule has 3 aromatic rings. The van der Waals surface area contributed by atoms with Gasteiger partial charge in [0.05, 0.1) is 45.2 Å². The molecule has 9 heteroatoms. The van der Waals surface area contributed by atoms with Crippen molar-refractivity contribution in [3.63, 3.8) is 0 Å². The summed E-state index contributed by atoms with van der Waals surface area (Å²) in [4.78, 5) is 12.7. The maximum Gasteiger partial charge on any atom is 0.512 e. The molecule has 42 heavy (non-hydrogen) atoms. The van der Waals surface area contributed by atoms with Crippen molar-refractivity contribution in [2.24, 2.45) is 0 Å². The summed E-state index contributed by atoms with van der Waals surface area (Å²) in [6.45, 7) is 25.6. The first-order valence-corrected chi connectivity index (χ1v) is 15.8. The summed E-state index contributed by atoms with van der Waals surface area (Å²) in [7, 11) is -0.895. The van der Waals surface area contributed by atoms with E-state index in [1.54, 1.807) is 0 Å². The highest BCUT2D eigenvalue weighted by Gasteiger charge is 2.54. The number of hydrogen-bond acceptors (Lipinski definition) is 5. The average molecular weight is 573 g/mol. The Labute approximate surface area is 253 Å². The van der Waals surface area contributed by atoms with Gasteiger partial charge < -0.3 is 28.6 Å². The smallest absolute Gasteiger partial charge is 0.398 e. The molecule has 0 unspecified atom stereocenters. The first-order chi connectivity index (χ1) is 19.6. The number of nitrogens with one attached hydrogen (secondary N) is 2. The number of hydrogen-bond donors (Lipinski definition) is 2. The van der Waals surface area contributed by atoms with Gasteiger partial charge in [-0.1, -0.05) is 33.8 Å². The summed E-state index contributed by atoms with van der Waals surface area (Å²) >= 11 is 0. The van der Waals surface area contributed by atoms with Crippen molar-refractivity contribution in [3.05, 3.63) is 40.5 Å². The number of aromatic nitrogens is 3. The highest BCUT2D eigenvalue weighted by molar-refractivity contribution is 6.62. The van der Waals surface area contributed by atoms with Crippen LogP contribution in [0.5, 0.6) is 0 Å². The molecule has 2 saturated heterocycles. The Morgan fingerprint density at radius 1 is 0.548 bits per heavy atom.